The lowest BCUT2D eigenvalue weighted by molar-refractivity contribution is 0.517. The zero-order valence-electron chi connectivity index (χ0n) is 11.2. The summed E-state index contributed by atoms with van der Waals surface area (Å²) in [7, 11) is 0. The fraction of sp³-hybridized carbons (Fsp3) is 0.615. The first-order chi connectivity index (χ1) is 8.79. The molecule has 0 radical (unpaired) electrons. The number of nitrogens with zero attached hydrogens (tertiary/aromatic N) is 5. The summed E-state index contributed by atoms with van der Waals surface area (Å²) in [5.74, 6) is 1.98. The molecular weight excluding hydrogens is 226 g/mol. The topological polar surface area (TPSA) is 48.5 Å². The van der Waals surface area contributed by atoms with Gasteiger partial charge in [0.25, 0.3) is 0 Å². The molecule has 0 fully saturated rings. The lowest BCUT2D eigenvalue weighted by Gasteiger charge is -2.05. The summed E-state index contributed by atoms with van der Waals surface area (Å²) in [6.07, 6.45) is 8.16. The van der Waals surface area contributed by atoms with Gasteiger partial charge in [-0.3, -0.25) is 4.68 Å². The van der Waals surface area contributed by atoms with Crippen LogP contribution in [0.15, 0.2) is 18.5 Å². The largest absolute Gasteiger partial charge is 0.273 e. The maximum Gasteiger partial charge on any atom is 0.147 e. The molecule has 5 nitrogen and oxygen atoms in total. The molecule has 2 heterocycles. The van der Waals surface area contributed by atoms with Gasteiger partial charge in [-0.2, -0.15) is 10.2 Å². The molecule has 2 aromatic heterocycles. The van der Waals surface area contributed by atoms with E-state index in [4.69, 9.17) is 0 Å². The van der Waals surface area contributed by atoms with Gasteiger partial charge < -0.3 is 0 Å². The number of aromatic nitrogens is 5. The van der Waals surface area contributed by atoms with Crippen molar-refractivity contribution in [2.45, 2.75) is 52.6 Å². The van der Waals surface area contributed by atoms with Crippen molar-refractivity contribution in [3.8, 4) is 0 Å². The molecule has 2 aromatic rings. The van der Waals surface area contributed by atoms with Gasteiger partial charge in [-0.25, -0.2) is 9.67 Å². The Balaban J connectivity index is 1.87. The Kier molecular flexibility index (Phi) is 4.50. The minimum atomic E-state index is 0.875. The Morgan fingerprint density at radius 2 is 2.11 bits per heavy atom. The quantitative estimate of drug-likeness (QED) is 0.753. The molecule has 0 unspecified atom stereocenters. The van der Waals surface area contributed by atoms with Crippen LogP contribution in [0.3, 0.4) is 0 Å². The summed E-state index contributed by atoms with van der Waals surface area (Å²) < 4.78 is 4.02. The highest BCUT2D eigenvalue weighted by Crippen LogP contribution is 2.05. The van der Waals surface area contributed by atoms with Crippen molar-refractivity contribution in [3.63, 3.8) is 0 Å². The van der Waals surface area contributed by atoms with Gasteiger partial charge in [-0.15, -0.1) is 0 Å². The second-order valence-electron chi connectivity index (χ2n) is 4.52. The van der Waals surface area contributed by atoms with Crippen LogP contribution in [0.25, 0.3) is 0 Å². The Morgan fingerprint density at radius 3 is 2.83 bits per heavy atom. The van der Waals surface area contributed by atoms with E-state index in [0.29, 0.717) is 0 Å². The van der Waals surface area contributed by atoms with Crippen molar-refractivity contribution in [2.24, 2.45) is 0 Å². The summed E-state index contributed by atoms with van der Waals surface area (Å²) in [4.78, 5) is 4.50. The third-order valence-electron chi connectivity index (χ3n) is 2.92. The van der Waals surface area contributed by atoms with Gasteiger partial charge >= 0.3 is 0 Å². The zero-order chi connectivity index (χ0) is 12.8. The molecule has 0 saturated carbocycles. The lowest BCUT2D eigenvalue weighted by atomic mass is 10.3. The molecular formula is C13H21N5. The number of hydrogen-bond donors (Lipinski definition) is 0. The third kappa shape index (κ3) is 3.42. The number of hydrogen-bond acceptors (Lipinski definition) is 3. The molecule has 0 bridgehead atoms. The third-order valence-corrected chi connectivity index (χ3v) is 2.92. The van der Waals surface area contributed by atoms with Gasteiger partial charge in [0.15, 0.2) is 0 Å². The molecule has 0 saturated heterocycles. The van der Waals surface area contributed by atoms with Crippen LogP contribution in [-0.2, 0) is 19.5 Å². The van der Waals surface area contributed by atoms with Crippen molar-refractivity contribution < 1.29 is 0 Å². The zero-order valence-corrected chi connectivity index (χ0v) is 11.2. The Hall–Kier alpha value is -1.65. The molecule has 0 aliphatic carbocycles. The summed E-state index contributed by atoms with van der Waals surface area (Å²) in [5.41, 5.74) is 0. The summed E-state index contributed by atoms with van der Waals surface area (Å²) in [6, 6.07) is 1.95. The van der Waals surface area contributed by atoms with Crippen molar-refractivity contribution >= 4 is 0 Å². The van der Waals surface area contributed by atoms with Gasteiger partial charge in [0.1, 0.15) is 11.6 Å². The van der Waals surface area contributed by atoms with Crippen LogP contribution in [0.5, 0.6) is 0 Å². The van der Waals surface area contributed by atoms with E-state index in [0.717, 1.165) is 44.0 Å². The normalized spacial score (nSPS) is 11.0. The fourth-order valence-electron chi connectivity index (χ4n) is 2.00. The highest BCUT2D eigenvalue weighted by Gasteiger charge is 2.06. The SMILES string of the molecule is CCCCn1nc(C)nc1CCCn1cccn1. The molecule has 98 valence electrons. The molecule has 2 rings (SSSR count). The number of rotatable bonds is 7. The lowest BCUT2D eigenvalue weighted by Crippen LogP contribution is -2.08. The predicted molar refractivity (Wildman–Crippen MR) is 70.2 cm³/mol. The second kappa shape index (κ2) is 6.33. The smallest absolute Gasteiger partial charge is 0.147 e. The van der Waals surface area contributed by atoms with Gasteiger partial charge in [-0.05, 0) is 25.8 Å². The average molecular weight is 247 g/mol. The van der Waals surface area contributed by atoms with E-state index < -0.39 is 0 Å². The van der Waals surface area contributed by atoms with Gasteiger partial charge in [-0.1, -0.05) is 13.3 Å². The van der Waals surface area contributed by atoms with Crippen LogP contribution < -0.4 is 0 Å². The van der Waals surface area contributed by atoms with Crippen molar-refractivity contribution in [3.05, 3.63) is 30.1 Å². The second-order valence-corrected chi connectivity index (χ2v) is 4.52. The monoisotopic (exact) mass is 247 g/mol. The van der Waals surface area contributed by atoms with E-state index in [2.05, 4.69) is 26.8 Å². The standard InChI is InChI=1S/C13H21N5/c1-3-4-11-18-13(15-12(2)16-18)7-5-9-17-10-6-8-14-17/h6,8,10H,3-5,7,9,11H2,1-2H3. The maximum absolute atomic E-state index is 4.50. The van der Waals surface area contributed by atoms with E-state index in [1.165, 1.54) is 6.42 Å². The fourth-order valence-corrected chi connectivity index (χ4v) is 2.00. The predicted octanol–water partition coefficient (Wildman–Crippen LogP) is 2.22. The van der Waals surface area contributed by atoms with E-state index in [1.807, 2.05) is 30.1 Å². The highest BCUT2D eigenvalue weighted by molar-refractivity contribution is 4.91. The Bertz CT molecular complexity index is 458. The summed E-state index contributed by atoms with van der Waals surface area (Å²) in [6.45, 7) is 6.07. The highest BCUT2D eigenvalue weighted by atomic mass is 15.3. The van der Waals surface area contributed by atoms with E-state index >= 15 is 0 Å². The molecule has 0 aromatic carbocycles. The van der Waals surface area contributed by atoms with E-state index in [-0.39, 0.29) is 0 Å². The number of aryl methyl sites for hydroxylation is 4. The molecule has 18 heavy (non-hydrogen) atoms. The Labute approximate surface area is 108 Å². The average Bonchev–Trinajstić information content (AvgIpc) is 2.97. The van der Waals surface area contributed by atoms with Crippen LogP contribution in [0.4, 0.5) is 0 Å². The van der Waals surface area contributed by atoms with Crippen molar-refractivity contribution in [2.75, 3.05) is 0 Å². The minimum Gasteiger partial charge on any atom is -0.273 e. The Morgan fingerprint density at radius 1 is 1.22 bits per heavy atom. The van der Waals surface area contributed by atoms with Crippen LogP contribution >= 0.6 is 0 Å². The van der Waals surface area contributed by atoms with Crippen LogP contribution in [0.2, 0.25) is 0 Å². The molecule has 0 atom stereocenters. The molecule has 0 N–H and O–H groups in total. The first kappa shape index (κ1) is 12.8. The summed E-state index contributed by atoms with van der Waals surface area (Å²) >= 11 is 0. The van der Waals surface area contributed by atoms with Gasteiger partial charge in [0.05, 0.1) is 0 Å². The van der Waals surface area contributed by atoms with Gasteiger partial charge in [0, 0.05) is 31.9 Å². The first-order valence-corrected chi connectivity index (χ1v) is 6.67. The minimum absolute atomic E-state index is 0.875. The number of unbranched alkanes of at least 4 members (excludes halogenated alkanes) is 1. The molecule has 0 amide bonds. The van der Waals surface area contributed by atoms with Crippen LogP contribution in [0.1, 0.15) is 37.8 Å². The van der Waals surface area contributed by atoms with Crippen molar-refractivity contribution in [1.82, 2.24) is 24.5 Å². The van der Waals surface area contributed by atoms with Crippen LogP contribution in [0, 0.1) is 6.92 Å². The van der Waals surface area contributed by atoms with Gasteiger partial charge in [0.2, 0.25) is 0 Å². The van der Waals surface area contributed by atoms with E-state index in [1.54, 1.807) is 0 Å². The van der Waals surface area contributed by atoms with Crippen LogP contribution in [-0.4, -0.2) is 24.5 Å². The molecule has 0 aliphatic heterocycles. The summed E-state index contributed by atoms with van der Waals surface area (Å²) in [5, 5.41) is 8.65. The molecule has 0 spiro atoms. The van der Waals surface area contributed by atoms with Crippen molar-refractivity contribution in [1.29, 1.82) is 0 Å². The van der Waals surface area contributed by atoms with E-state index in [9.17, 15) is 0 Å². The molecule has 5 heteroatoms. The molecule has 0 aliphatic rings. The maximum atomic E-state index is 4.50. The first-order valence-electron chi connectivity index (χ1n) is 6.67.